The van der Waals surface area contributed by atoms with Crippen molar-refractivity contribution >= 4 is 18.0 Å². The van der Waals surface area contributed by atoms with E-state index in [2.05, 4.69) is 22.8 Å². The van der Waals surface area contributed by atoms with E-state index in [0.29, 0.717) is 13.0 Å². The van der Waals surface area contributed by atoms with Crippen LogP contribution < -0.4 is 10.6 Å². The van der Waals surface area contributed by atoms with Crippen molar-refractivity contribution in [2.24, 2.45) is 5.92 Å². The van der Waals surface area contributed by atoms with Crippen LogP contribution in [-0.2, 0) is 14.3 Å². The molecular weight excluding hydrogens is 396 g/mol. The molecule has 164 valence electrons. The number of carboxylic acid groups (broad SMARTS) is 1. The Morgan fingerprint density at radius 3 is 2.16 bits per heavy atom. The van der Waals surface area contributed by atoms with Crippen LogP contribution in [0.5, 0.6) is 0 Å². The molecule has 2 aromatic rings. The quantitative estimate of drug-likeness (QED) is 0.571. The summed E-state index contributed by atoms with van der Waals surface area (Å²) in [5, 5.41) is 14.0. The molecule has 2 atom stereocenters. The van der Waals surface area contributed by atoms with E-state index >= 15 is 0 Å². The molecule has 7 nitrogen and oxygen atoms in total. The monoisotopic (exact) mass is 424 g/mol. The maximum Gasteiger partial charge on any atom is 0.407 e. The van der Waals surface area contributed by atoms with Crippen LogP contribution in [0, 0.1) is 5.92 Å². The summed E-state index contributed by atoms with van der Waals surface area (Å²) < 4.78 is 5.45. The van der Waals surface area contributed by atoms with Crippen LogP contribution in [-0.4, -0.2) is 42.3 Å². The Bertz CT molecular complexity index is 913. The van der Waals surface area contributed by atoms with Gasteiger partial charge in [-0.05, 0) is 41.5 Å². The Morgan fingerprint density at radius 1 is 1.00 bits per heavy atom. The molecule has 0 radical (unpaired) electrons. The number of amides is 2. The first kappa shape index (κ1) is 22.3. The number of carboxylic acids is 1. The van der Waals surface area contributed by atoms with Crippen molar-refractivity contribution in [1.82, 2.24) is 10.6 Å². The number of ether oxygens (including phenoxy) is 1. The number of rotatable bonds is 9. The average Bonchev–Trinajstić information content (AvgIpc) is 3.05. The summed E-state index contributed by atoms with van der Waals surface area (Å²) in [5.74, 6) is -1.28. The summed E-state index contributed by atoms with van der Waals surface area (Å²) in [7, 11) is 0. The highest BCUT2D eigenvalue weighted by atomic mass is 16.5. The molecule has 0 fully saturated rings. The fraction of sp³-hybridized carbons (Fsp3) is 0.375. The lowest BCUT2D eigenvalue weighted by Gasteiger charge is -2.17. The van der Waals surface area contributed by atoms with Crippen LogP contribution in [0.3, 0.4) is 0 Å². The highest BCUT2D eigenvalue weighted by molar-refractivity contribution is 5.85. The lowest BCUT2D eigenvalue weighted by Crippen LogP contribution is -2.45. The van der Waals surface area contributed by atoms with E-state index in [0.717, 1.165) is 22.3 Å². The van der Waals surface area contributed by atoms with Gasteiger partial charge in [-0.1, -0.05) is 55.5 Å². The van der Waals surface area contributed by atoms with Crippen LogP contribution >= 0.6 is 0 Å². The molecule has 0 saturated heterocycles. The number of carbonyl (C=O) groups excluding carboxylic acids is 2. The van der Waals surface area contributed by atoms with Gasteiger partial charge >= 0.3 is 12.1 Å². The highest BCUT2D eigenvalue weighted by Gasteiger charge is 2.29. The van der Waals surface area contributed by atoms with Gasteiger partial charge in [0.15, 0.2) is 0 Å². The van der Waals surface area contributed by atoms with Gasteiger partial charge in [0.05, 0.1) is 0 Å². The molecule has 31 heavy (non-hydrogen) atoms. The summed E-state index contributed by atoms with van der Waals surface area (Å²) in [6.45, 7) is 3.93. The van der Waals surface area contributed by atoms with Crippen molar-refractivity contribution in [2.75, 3.05) is 13.2 Å². The molecule has 2 aromatic carbocycles. The Balaban J connectivity index is 1.48. The topological polar surface area (TPSA) is 105 Å². The molecular formula is C24H28N2O5. The normalized spacial score (nSPS) is 14.1. The van der Waals surface area contributed by atoms with Crippen molar-refractivity contribution in [2.45, 2.75) is 38.6 Å². The summed E-state index contributed by atoms with van der Waals surface area (Å²) in [6, 6.07) is 15.4. The molecule has 3 rings (SSSR count). The van der Waals surface area contributed by atoms with Gasteiger partial charge in [0.25, 0.3) is 0 Å². The van der Waals surface area contributed by atoms with Crippen molar-refractivity contribution in [3.63, 3.8) is 0 Å². The molecule has 0 aromatic heterocycles. The van der Waals surface area contributed by atoms with E-state index < -0.39 is 18.1 Å². The molecule has 0 bridgehead atoms. The Labute approximate surface area is 181 Å². The maximum atomic E-state index is 12.3. The predicted molar refractivity (Wildman–Crippen MR) is 117 cm³/mol. The second-order valence-electron chi connectivity index (χ2n) is 7.97. The molecule has 3 N–H and O–H groups in total. The van der Waals surface area contributed by atoms with Gasteiger partial charge in [-0.25, -0.2) is 4.79 Å². The zero-order chi connectivity index (χ0) is 22.4. The van der Waals surface area contributed by atoms with Crippen molar-refractivity contribution in [3.05, 3.63) is 59.7 Å². The minimum Gasteiger partial charge on any atom is -0.481 e. The number of nitrogens with one attached hydrogen (secondary N) is 2. The van der Waals surface area contributed by atoms with Gasteiger partial charge in [-0.15, -0.1) is 0 Å². The maximum absolute atomic E-state index is 12.3. The molecule has 0 spiro atoms. The van der Waals surface area contributed by atoms with Crippen molar-refractivity contribution in [1.29, 1.82) is 0 Å². The molecule has 1 aliphatic carbocycles. The van der Waals surface area contributed by atoms with Crippen molar-refractivity contribution in [3.8, 4) is 11.1 Å². The van der Waals surface area contributed by atoms with E-state index in [1.54, 1.807) is 6.92 Å². The number of hydrogen-bond donors (Lipinski definition) is 3. The van der Waals surface area contributed by atoms with E-state index in [1.807, 2.05) is 43.3 Å². The Morgan fingerprint density at radius 2 is 1.58 bits per heavy atom. The van der Waals surface area contributed by atoms with Crippen LogP contribution in [0.2, 0.25) is 0 Å². The standard InChI is InChI=1S/C24H28N2O5/c1-15(13-22(27)28)11-12-25-23(29)16(2)26-24(30)31-14-21-19-9-5-3-7-17(19)18-8-4-6-10-20(18)21/h3-10,15-16,21H,11-14H2,1-2H3,(H,25,29)(H,26,30)(H,27,28). The average molecular weight is 424 g/mol. The predicted octanol–water partition coefficient (Wildman–Crippen LogP) is 3.53. The van der Waals surface area contributed by atoms with Gasteiger partial charge in [-0.3, -0.25) is 9.59 Å². The number of aliphatic carboxylic acids is 1. The first-order chi connectivity index (χ1) is 14.9. The first-order valence-corrected chi connectivity index (χ1v) is 10.5. The number of benzene rings is 2. The zero-order valence-electron chi connectivity index (χ0n) is 17.8. The first-order valence-electron chi connectivity index (χ1n) is 10.5. The number of hydrogen-bond acceptors (Lipinski definition) is 4. The molecule has 2 amide bonds. The molecule has 1 aliphatic rings. The third-order valence-electron chi connectivity index (χ3n) is 5.53. The largest absolute Gasteiger partial charge is 0.481 e. The van der Waals surface area contributed by atoms with E-state index in [1.165, 1.54) is 0 Å². The van der Waals surface area contributed by atoms with Gasteiger partial charge in [0.2, 0.25) is 5.91 Å². The van der Waals surface area contributed by atoms with Crippen LogP contribution in [0.15, 0.2) is 48.5 Å². The second kappa shape index (κ2) is 10.1. The number of fused-ring (bicyclic) bond motifs is 3. The summed E-state index contributed by atoms with van der Waals surface area (Å²) in [5.41, 5.74) is 4.55. The number of carbonyl (C=O) groups is 3. The van der Waals surface area contributed by atoms with Crippen LogP contribution in [0.1, 0.15) is 43.7 Å². The number of alkyl carbamates (subject to hydrolysis) is 1. The lowest BCUT2D eigenvalue weighted by atomic mass is 9.98. The second-order valence-corrected chi connectivity index (χ2v) is 7.97. The third kappa shape index (κ3) is 5.63. The van der Waals surface area contributed by atoms with Crippen LogP contribution in [0.4, 0.5) is 4.79 Å². The SMILES string of the molecule is CC(CCNC(=O)C(C)NC(=O)OCC1c2ccccc2-c2ccccc21)CC(=O)O. The fourth-order valence-electron chi connectivity index (χ4n) is 3.88. The summed E-state index contributed by atoms with van der Waals surface area (Å²) in [4.78, 5) is 35.1. The smallest absolute Gasteiger partial charge is 0.407 e. The molecule has 7 heteroatoms. The van der Waals surface area contributed by atoms with Gasteiger partial charge in [0, 0.05) is 18.9 Å². The molecule has 0 heterocycles. The van der Waals surface area contributed by atoms with E-state index in [9.17, 15) is 14.4 Å². The third-order valence-corrected chi connectivity index (χ3v) is 5.53. The van der Waals surface area contributed by atoms with Gasteiger partial charge in [0.1, 0.15) is 12.6 Å². The fourth-order valence-corrected chi connectivity index (χ4v) is 3.88. The zero-order valence-corrected chi connectivity index (χ0v) is 17.8. The van der Waals surface area contributed by atoms with Crippen LogP contribution in [0.25, 0.3) is 11.1 Å². The molecule has 0 saturated carbocycles. The van der Waals surface area contributed by atoms with Crippen molar-refractivity contribution < 1.29 is 24.2 Å². The Kier molecular flexibility index (Phi) is 7.28. The minimum atomic E-state index is -0.857. The Hall–Kier alpha value is -3.35. The van der Waals surface area contributed by atoms with Gasteiger partial charge < -0.3 is 20.5 Å². The van der Waals surface area contributed by atoms with E-state index in [4.69, 9.17) is 9.84 Å². The minimum absolute atomic E-state index is 0.0387. The summed E-state index contributed by atoms with van der Waals surface area (Å²) >= 11 is 0. The molecule has 0 aliphatic heterocycles. The lowest BCUT2D eigenvalue weighted by molar-refractivity contribution is -0.138. The highest BCUT2D eigenvalue weighted by Crippen LogP contribution is 2.44. The molecule has 2 unspecified atom stereocenters. The summed E-state index contributed by atoms with van der Waals surface area (Å²) in [6.07, 6.45) is -0.0391. The van der Waals surface area contributed by atoms with Gasteiger partial charge in [-0.2, -0.15) is 0 Å². The van der Waals surface area contributed by atoms with E-state index in [-0.39, 0.29) is 30.8 Å².